The summed E-state index contributed by atoms with van der Waals surface area (Å²) >= 11 is 0. The molecule has 2 aliphatic rings. The summed E-state index contributed by atoms with van der Waals surface area (Å²) in [6.45, 7) is 5.87. The van der Waals surface area contributed by atoms with Gasteiger partial charge >= 0.3 is 0 Å². The Labute approximate surface area is 113 Å². The van der Waals surface area contributed by atoms with Crippen molar-refractivity contribution in [2.45, 2.75) is 25.8 Å². The molecule has 1 aliphatic heterocycles. The van der Waals surface area contributed by atoms with E-state index in [1.807, 2.05) is 4.90 Å². The van der Waals surface area contributed by atoms with E-state index in [0.29, 0.717) is 11.7 Å². The largest absolute Gasteiger partial charge is 0.335 e. The first-order chi connectivity index (χ1) is 9.25. The van der Waals surface area contributed by atoms with E-state index in [1.165, 1.54) is 12.8 Å². The molecular formula is C14H20N4O. The van der Waals surface area contributed by atoms with Crippen molar-refractivity contribution in [2.75, 3.05) is 26.2 Å². The van der Waals surface area contributed by atoms with Crippen molar-refractivity contribution in [3.05, 3.63) is 24.3 Å². The number of carbonyl (C=O) groups excluding carboxylic acids is 1. The number of aromatic nitrogens is 2. The molecule has 0 radical (unpaired) electrons. The molecule has 5 heteroatoms. The number of rotatable bonds is 3. The van der Waals surface area contributed by atoms with E-state index < -0.39 is 0 Å². The lowest BCUT2D eigenvalue weighted by molar-refractivity contribution is 0.0558. The Kier molecular flexibility index (Phi) is 3.46. The van der Waals surface area contributed by atoms with Crippen LogP contribution in [0.1, 0.15) is 30.3 Å². The topological polar surface area (TPSA) is 49.3 Å². The van der Waals surface area contributed by atoms with Crippen molar-refractivity contribution in [2.24, 2.45) is 5.92 Å². The van der Waals surface area contributed by atoms with E-state index in [-0.39, 0.29) is 5.91 Å². The van der Waals surface area contributed by atoms with Crippen molar-refractivity contribution in [3.63, 3.8) is 0 Å². The quantitative estimate of drug-likeness (QED) is 0.814. The van der Waals surface area contributed by atoms with Crippen LogP contribution in [0, 0.1) is 5.92 Å². The van der Waals surface area contributed by atoms with E-state index in [4.69, 9.17) is 0 Å². The fraction of sp³-hybridized carbons (Fsp3) is 0.643. The molecule has 19 heavy (non-hydrogen) atoms. The lowest BCUT2D eigenvalue weighted by Gasteiger charge is -2.38. The zero-order valence-electron chi connectivity index (χ0n) is 11.3. The highest BCUT2D eigenvalue weighted by atomic mass is 16.2. The second-order valence-corrected chi connectivity index (χ2v) is 5.50. The van der Waals surface area contributed by atoms with Gasteiger partial charge in [0.05, 0.1) is 6.20 Å². The highest BCUT2D eigenvalue weighted by Gasteiger charge is 2.34. The molecule has 102 valence electrons. The maximum atomic E-state index is 12.2. The van der Waals surface area contributed by atoms with Gasteiger partial charge in [-0.1, -0.05) is 0 Å². The van der Waals surface area contributed by atoms with Crippen LogP contribution < -0.4 is 0 Å². The molecule has 5 nitrogen and oxygen atoms in total. The summed E-state index contributed by atoms with van der Waals surface area (Å²) in [5.74, 6) is 0.897. The normalized spacial score (nSPS) is 22.3. The predicted molar refractivity (Wildman–Crippen MR) is 71.7 cm³/mol. The minimum Gasteiger partial charge on any atom is -0.335 e. The molecule has 3 rings (SSSR count). The smallest absolute Gasteiger partial charge is 0.274 e. The van der Waals surface area contributed by atoms with Gasteiger partial charge in [0.1, 0.15) is 5.69 Å². The van der Waals surface area contributed by atoms with E-state index in [1.54, 1.807) is 18.6 Å². The lowest BCUT2D eigenvalue weighted by atomic mass is 10.1. The van der Waals surface area contributed by atoms with Gasteiger partial charge in [-0.2, -0.15) is 0 Å². The molecule has 1 aliphatic carbocycles. The summed E-state index contributed by atoms with van der Waals surface area (Å²) in [6, 6.07) is 0.675. The molecule has 2 fully saturated rings. The second kappa shape index (κ2) is 5.25. The molecule has 2 heterocycles. The summed E-state index contributed by atoms with van der Waals surface area (Å²) in [4.78, 5) is 24.7. The summed E-state index contributed by atoms with van der Waals surface area (Å²) < 4.78 is 0. The van der Waals surface area contributed by atoms with Crippen molar-refractivity contribution in [1.82, 2.24) is 19.8 Å². The van der Waals surface area contributed by atoms with Crippen LogP contribution in [-0.2, 0) is 0 Å². The Balaban J connectivity index is 1.56. The van der Waals surface area contributed by atoms with Gasteiger partial charge in [0.2, 0.25) is 0 Å². The van der Waals surface area contributed by atoms with Crippen LogP contribution in [0.5, 0.6) is 0 Å². The fourth-order valence-corrected chi connectivity index (χ4v) is 2.78. The first kappa shape index (κ1) is 12.5. The van der Waals surface area contributed by atoms with Gasteiger partial charge in [0.15, 0.2) is 0 Å². The Morgan fingerprint density at radius 2 is 2.00 bits per heavy atom. The third kappa shape index (κ3) is 2.76. The van der Waals surface area contributed by atoms with Crippen molar-refractivity contribution >= 4 is 5.91 Å². The molecule has 1 amide bonds. The van der Waals surface area contributed by atoms with Crippen LogP contribution in [0.25, 0.3) is 0 Å². The highest BCUT2D eigenvalue weighted by molar-refractivity contribution is 5.92. The maximum absolute atomic E-state index is 12.2. The number of carbonyl (C=O) groups is 1. The van der Waals surface area contributed by atoms with Crippen LogP contribution in [0.15, 0.2) is 18.6 Å². The predicted octanol–water partition coefficient (Wildman–Crippen LogP) is 1.03. The summed E-state index contributed by atoms with van der Waals surface area (Å²) in [7, 11) is 0. The first-order valence-corrected chi connectivity index (χ1v) is 7.05. The van der Waals surface area contributed by atoms with Crippen LogP contribution in [0.2, 0.25) is 0 Å². The third-order valence-electron chi connectivity index (χ3n) is 4.26. The minimum absolute atomic E-state index is 0.00632. The van der Waals surface area contributed by atoms with Gasteiger partial charge in [0.25, 0.3) is 5.91 Å². The Morgan fingerprint density at radius 1 is 1.26 bits per heavy atom. The van der Waals surface area contributed by atoms with Crippen LogP contribution in [-0.4, -0.2) is 57.9 Å². The zero-order valence-corrected chi connectivity index (χ0v) is 11.3. The molecule has 0 spiro atoms. The number of piperazine rings is 1. The van der Waals surface area contributed by atoms with E-state index in [0.717, 1.165) is 32.1 Å². The maximum Gasteiger partial charge on any atom is 0.274 e. The van der Waals surface area contributed by atoms with Gasteiger partial charge in [-0.3, -0.25) is 14.7 Å². The lowest BCUT2D eigenvalue weighted by Crippen LogP contribution is -2.51. The molecule has 1 unspecified atom stereocenters. The number of hydrogen-bond acceptors (Lipinski definition) is 4. The molecule has 1 saturated heterocycles. The van der Waals surface area contributed by atoms with Crippen LogP contribution >= 0.6 is 0 Å². The van der Waals surface area contributed by atoms with Crippen LogP contribution in [0.3, 0.4) is 0 Å². The van der Waals surface area contributed by atoms with Gasteiger partial charge < -0.3 is 4.90 Å². The van der Waals surface area contributed by atoms with Crippen LogP contribution in [0.4, 0.5) is 0 Å². The standard InChI is InChI=1S/C14H20N4O/c1-11(12-2-3-12)17-6-8-18(9-7-17)14(19)13-10-15-4-5-16-13/h4-5,10-12H,2-3,6-9H2,1H3. The second-order valence-electron chi connectivity index (χ2n) is 5.50. The molecule has 1 aromatic rings. The molecule has 1 saturated carbocycles. The number of amides is 1. The Hall–Kier alpha value is -1.49. The van der Waals surface area contributed by atoms with Gasteiger partial charge in [-0.05, 0) is 25.7 Å². The third-order valence-corrected chi connectivity index (χ3v) is 4.26. The van der Waals surface area contributed by atoms with E-state index >= 15 is 0 Å². The molecule has 0 aromatic carbocycles. The monoisotopic (exact) mass is 260 g/mol. The van der Waals surface area contributed by atoms with Gasteiger partial charge in [0, 0.05) is 44.6 Å². The number of nitrogens with zero attached hydrogens (tertiary/aromatic N) is 4. The summed E-state index contributed by atoms with van der Waals surface area (Å²) in [5.41, 5.74) is 0.450. The fourth-order valence-electron chi connectivity index (χ4n) is 2.78. The minimum atomic E-state index is 0.00632. The SMILES string of the molecule is CC(C1CC1)N1CCN(C(=O)c2cnccn2)CC1. The van der Waals surface area contributed by atoms with Gasteiger partial charge in [-0.25, -0.2) is 4.98 Å². The highest BCUT2D eigenvalue weighted by Crippen LogP contribution is 2.35. The van der Waals surface area contributed by atoms with Crippen molar-refractivity contribution in [1.29, 1.82) is 0 Å². The van der Waals surface area contributed by atoms with Crippen molar-refractivity contribution in [3.8, 4) is 0 Å². The van der Waals surface area contributed by atoms with E-state index in [2.05, 4.69) is 21.8 Å². The van der Waals surface area contributed by atoms with E-state index in [9.17, 15) is 4.79 Å². The zero-order chi connectivity index (χ0) is 13.2. The Morgan fingerprint density at radius 3 is 2.58 bits per heavy atom. The first-order valence-electron chi connectivity index (χ1n) is 7.05. The summed E-state index contributed by atoms with van der Waals surface area (Å²) in [5, 5.41) is 0. The Bertz CT molecular complexity index is 438. The molecule has 0 bridgehead atoms. The molecule has 1 aromatic heterocycles. The average Bonchev–Trinajstić information content (AvgIpc) is 3.31. The number of hydrogen-bond donors (Lipinski definition) is 0. The molecule has 1 atom stereocenters. The molecule has 0 N–H and O–H groups in total. The molecular weight excluding hydrogens is 240 g/mol. The summed E-state index contributed by atoms with van der Waals surface area (Å²) in [6.07, 6.45) is 7.45. The van der Waals surface area contributed by atoms with Gasteiger partial charge in [-0.15, -0.1) is 0 Å². The van der Waals surface area contributed by atoms with Crippen molar-refractivity contribution < 1.29 is 4.79 Å². The average molecular weight is 260 g/mol.